The third-order valence-electron chi connectivity index (χ3n) is 2.14. The van der Waals surface area contributed by atoms with Crippen molar-refractivity contribution in [2.24, 2.45) is 0 Å². The number of hydrogen-bond donors (Lipinski definition) is 1. The Kier molecular flexibility index (Phi) is 3.49. The lowest BCUT2D eigenvalue weighted by Gasteiger charge is -2.09. The highest BCUT2D eigenvalue weighted by atomic mass is 79.9. The van der Waals surface area contributed by atoms with E-state index in [9.17, 15) is 0 Å². The molecule has 1 aromatic heterocycles. The lowest BCUT2D eigenvalue weighted by atomic mass is 10.2. The van der Waals surface area contributed by atoms with Crippen LogP contribution in [0.3, 0.4) is 0 Å². The van der Waals surface area contributed by atoms with Crippen LogP contribution in [0.25, 0.3) is 0 Å². The molecule has 0 saturated heterocycles. The second-order valence-corrected chi connectivity index (χ2v) is 4.60. The van der Waals surface area contributed by atoms with Crippen LogP contribution in [-0.2, 0) is 0 Å². The van der Waals surface area contributed by atoms with Crippen LogP contribution in [0.1, 0.15) is 5.56 Å². The molecule has 6 heteroatoms. The number of ether oxygens (including phenoxy) is 1. The summed E-state index contributed by atoms with van der Waals surface area (Å²) in [5.41, 5.74) is 7.41. The number of hydrogen-bond acceptors (Lipinski definition) is 4. The van der Waals surface area contributed by atoms with Crippen LogP contribution in [0.15, 0.2) is 28.9 Å². The Labute approximate surface area is 112 Å². The summed E-state index contributed by atoms with van der Waals surface area (Å²) in [5, 5.41) is 0.144. The van der Waals surface area contributed by atoms with Crippen LogP contribution in [0.5, 0.6) is 11.6 Å². The van der Waals surface area contributed by atoms with E-state index in [2.05, 4.69) is 25.9 Å². The molecule has 0 saturated carbocycles. The van der Waals surface area contributed by atoms with Gasteiger partial charge in [0.1, 0.15) is 5.75 Å². The van der Waals surface area contributed by atoms with E-state index in [-0.39, 0.29) is 5.28 Å². The highest BCUT2D eigenvalue weighted by molar-refractivity contribution is 9.10. The van der Waals surface area contributed by atoms with Crippen LogP contribution in [0.2, 0.25) is 5.28 Å². The molecule has 1 heterocycles. The summed E-state index contributed by atoms with van der Waals surface area (Å²) in [4.78, 5) is 7.72. The van der Waals surface area contributed by atoms with Crippen molar-refractivity contribution in [3.8, 4) is 11.6 Å². The minimum Gasteiger partial charge on any atom is -0.438 e. The number of aryl methyl sites for hydroxylation is 1. The summed E-state index contributed by atoms with van der Waals surface area (Å²) in [7, 11) is 0. The van der Waals surface area contributed by atoms with E-state index in [4.69, 9.17) is 22.1 Å². The Morgan fingerprint density at radius 3 is 2.88 bits per heavy atom. The molecule has 0 bridgehead atoms. The van der Waals surface area contributed by atoms with Crippen LogP contribution < -0.4 is 10.5 Å². The average molecular weight is 315 g/mol. The molecule has 0 amide bonds. The van der Waals surface area contributed by atoms with E-state index in [0.717, 1.165) is 10.0 Å². The molecule has 4 nitrogen and oxygen atoms in total. The fourth-order valence-electron chi connectivity index (χ4n) is 1.24. The third-order valence-corrected chi connectivity index (χ3v) is 2.94. The monoisotopic (exact) mass is 313 g/mol. The van der Waals surface area contributed by atoms with Crippen molar-refractivity contribution >= 4 is 33.2 Å². The molecule has 0 radical (unpaired) electrons. The molecular formula is C11H9BrClN3O. The van der Waals surface area contributed by atoms with Gasteiger partial charge in [-0.05, 0) is 52.2 Å². The molecule has 0 spiro atoms. The fourth-order valence-corrected chi connectivity index (χ4v) is 1.82. The van der Waals surface area contributed by atoms with E-state index in [0.29, 0.717) is 17.3 Å². The molecule has 88 valence electrons. The summed E-state index contributed by atoms with van der Waals surface area (Å²) in [5.74, 6) is 1.02. The van der Waals surface area contributed by atoms with Gasteiger partial charge in [-0.25, -0.2) is 4.98 Å². The fraction of sp³-hybridized carbons (Fsp3) is 0.0909. The van der Waals surface area contributed by atoms with Crippen molar-refractivity contribution in [3.05, 3.63) is 39.7 Å². The predicted molar refractivity (Wildman–Crippen MR) is 70.4 cm³/mol. The van der Waals surface area contributed by atoms with Gasteiger partial charge in [-0.15, -0.1) is 0 Å². The molecule has 0 unspecified atom stereocenters. The number of nitrogens with two attached hydrogens (primary N) is 1. The van der Waals surface area contributed by atoms with Gasteiger partial charge in [-0.3, -0.25) is 0 Å². The van der Waals surface area contributed by atoms with Crippen molar-refractivity contribution in [3.63, 3.8) is 0 Å². The van der Waals surface area contributed by atoms with Crippen LogP contribution >= 0.6 is 27.5 Å². The lowest BCUT2D eigenvalue weighted by Crippen LogP contribution is -1.94. The SMILES string of the molecule is Cc1cc(Oc2ccnc(Cl)n2)c(Br)cc1N. The Morgan fingerprint density at radius 1 is 1.41 bits per heavy atom. The summed E-state index contributed by atoms with van der Waals surface area (Å²) < 4.78 is 6.35. The summed E-state index contributed by atoms with van der Waals surface area (Å²) >= 11 is 9.05. The first-order valence-corrected chi connectivity index (χ1v) is 5.95. The average Bonchev–Trinajstić information content (AvgIpc) is 2.26. The van der Waals surface area contributed by atoms with Crippen molar-refractivity contribution in [2.75, 3.05) is 5.73 Å². The number of nitrogen functional groups attached to an aromatic ring is 1. The Bertz CT molecular complexity index is 562. The summed E-state index contributed by atoms with van der Waals surface area (Å²) in [6, 6.07) is 5.24. The lowest BCUT2D eigenvalue weighted by molar-refractivity contribution is 0.458. The van der Waals surface area contributed by atoms with Crippen molar-refractivity contribution in [1.29, 1.82) is 0 Å². The molecule has 0 fully saturated rings. The van der Waals surface area contributed by atoms with Crippen LogP contribution in [-0.4, -0.2) is 9.97 Å². The van der Waals surface area contributed by atoms with Crippen molar-refractivity contribution in [2.45, 2.75) is 6.92 Å². The molecule has 2 N–H and O–H groups in total. The first kappa shape index (κ1) is 12.1. The number of aromatic nitrogens is 2. The predicted octanol–water partition coefficient (Wildman–Crippen LogP) is 3.58. The molecule has 2 rings (SSSR count). The quantitative estimate of drug-likeness (QED) is 0.680. The number of rotatable bonds is 2. The zero-order valence-corrected chi connectivity index (χ0v) is 11.3. The Hall–Kier alpha value is -1.33. The van der Waals surface area contributed by atoms with Gasteiger partial charge in [0, 0.05) is 18.0 Å². The minimum atomic E-state index is 0.144. The minimum absolute atomic E-state index is 0.144. The van der Waals surface area contributed by atoms with Crippen LogP contribution in [0.4, 0.5) is 5.69 Å². The second-order valence-electron chi connectivity index (χ2n) is 3.41. The third kappa shape index (κ3) is 2.87. The van der Waals surface area contributed by atoms with E-state index in [1.54, 1.807) is 12.1 Å². The zero-order chi connectivity index (χ0) is 12.4. The molecule has 0 atom stereocenters. The van der Waals surface area contributed by atoms with Gasteiger partial charge in [-0.2, -0.15) is 4.98 Å². The van der Waals surface area contributed by atoms with Gasteiger partial charge in [-0.1, -0.05) is 0 Å². The Morgan fingerprint density at radius 2 is 2.18 bits per heavy atom. The molecule has 2 aromatic rings. The standard InChI is InChI=1S/C11H9BrClN3O/c1-6-4-9(7(12)5-8(6)14)17-10-2-3-15-11(13)16-10/h2-5H,14H2,1H3. The van der Waals surface area contributed by atoms with Gasteiger partial charge in [0.2, 0.25) is 11.2 Å². The molecular weight excluding hydrogens is 305 g/mol. The normalized spacial score (nSPS) is 10.3. The maximum Gasteiger partial charge on any atom is 0.225 e. The number of halogens is 2. The molecule has 0 aliphatic rings. The summed E-state index contributed by atoms with van der Waals surface area (Å²) in [6.07, 6.45) is 1.53. The molecule has 17 heavy (non-hydrogen) atoms. The van der Waals surface area contributed by atoms with Crippen LogP contribution in [0, 0.1) is 6.92 Å². The molecule has 0 aliphatic heterocycles. The zero-order valence-electron chi connectivity index (χ0n) is 8.95. The first-order valence-electron chi connectivity index (χ1n) is 4.78. The molecule has 1 aromatic carbocycles. The van der Waals surface area contributed by atoms with Gasteiger partial charge in [0.05, 0.1) is 4.47 Å². The van der Waals surface area contributed by atoms with E-state index >= 15 is 0 Å². The van der Waals surface area contributed by atoms with Gasteiger partial charge >= 0.3 is 0 Å². The largest absolute Gasteiger partial charge is 0.438 e. The molecule has 0 aliphatic carbocycles. The van der Waals surface area contributed by atoms with E-state index < -0.39 is 0 Å². The highest BCUT2D eigenvalue weighted by Crippen LogP contribution is 2.32. The first-order chi connectivity index (χ1) is 8.06. The second kappa shape index (κ2) is 4.89. The van der Waals surface area contributed by atoms with Gasteiger partial charge in [0.15, 0.2) is 0 Å². The smallest absolute Gasteiger partial charge is 0.225 e. The number of nitrogens with zero attached hydrogens (tertiary/aromatic N) is 2. The Balaban J connectivity index is 2.33. The summed E-state index contributed by atoms with van der Waals surface area (Å²) in [6.45, 7) is 1.90. The highest BCUT2D eigenvalue weighted by Gasteiger charge is 2.07. The maximum absolute atomic E-state index is 5.77. The van der Waals surface area contributed by atoms with Crippen molar-refractivity contribution < 1.29 is 4.74 Å². The van der Waals surface area contributed by atoms with Gasteiger partial charge in [0.25, 0.3) is 0 Å². The maximum atomic E-state index is 5.77. The van der Waals surface area contributed by atoms with Crippen molar-refractivity contribution in [1.82, 2.24) is 9.97 Å². The van der Waals surface area contributed by atoms with E-state index in [1.165, 1.54) is 6.20 Å². The van der Waals surface area contributed by atoms with Gasteiger partial charge < -0.3 is 10.5 Å². The van der Waals surface area contributed by atoms with E-state index in [1.807, 2.05) is 13.0 Å². The topological polar surface area (TPSA) is 61.0 Å². The number of benzene rings is 1. The number of anilines is 1.